The molecule has 2 aromatic carbocycles. The molecule has 1 N–H and O–H groups in total. The van der Waals surface area contributed by atoms with Crippen molar-refractivity contribution < 1.29 is 9.84 Å². The first-order valence-electron chi connectivity index (χ1n) is 5.85. The minimum absolute atomic E-state index is 0.231. The third-order valence-corrected chi connectivity index (χ3v) is 2.66. The molecule has 0 radical (unpaired) electrons. The molecule has 2 rings (SSSR count). The minimum Gasteiger partial charge on any atom is -0.514 e. The van der Waals surface area contributed by atoms with E-state index in [0.29, 0.717) is 12.2 Å². The third kappa shape index (κ3) is 3.36. The summed E-state index contributed by atoms with van der Waals surface area (Å²) in [4.78, 5) is 0. The highest BCUT2D eigenvalue weighted by atomic mass is 16.5. The van der Waals surface area contributed by atoms with Gasteiger partial charge in [0.1, 0.15) is 18.4 Å². The van der Waals surface area contributed by atoms with Crippen LogP contribution in [0.1, 0.15) is 11.1 Å². The molecule has 0 saturated carbocycles. The van der Waals surface area contributed by atoms with E-state index in [1.807, 2.05) is 36.4 Å². The summed E-state index contributed by atoms with van der Waals surface area (Å²) in [6.45, 7) is 0.501. The van der Waals surface area contributed by atoms with E-state index in [1.54, 1.807) is 24.3 Å². The predicted octanol–water partition coefficient (Wildman–Crippen LogP) is 3.69. The second-order valence-electron chi connectivity index (χ2n) is 3.95. The van der Waals surface area contributed by atoms with E-state index in [1.165, 1.54) is 0 Å². The zero-order valence-corrected chi connectivity index (χ0v) is 10.3. The maximum atomic E-state index is 8.89. The number of allylic oxidation sites excluding steroid dienone is 1. The number of aliphatic hydroxyl groups is 1. The van der Waals surface area contributed by atoms with Crippen molar-refractivity contribution in [1.29, 1.82) is 5.26 Å². The van der Waals surface area contributed by atoms with Gasteiger partial charge in [-0.05, 0) is 35.4 Å². The zero-order valence-electron chi connectivity index (χ0n) is 10.3. The Hall–Kier alpha value is -2.73. The van der Waals surface area contributed by atoms with Crippen molar-refractivity contribution >= 4 is 5.57 Å². The molecule has 0 bridgehead atoms. The highest BCUT2D eigenvalue weighted by Gasteiger charge is 2.01. The van der Waals surface area contributed by atoms with Crippen molar-refractivity contribution in [3.8, 4) is 11.8 Å². The Morgan fingerprint density at radius 1 is 1.11 bits per heavy atom. The first kappa shape index (κ1) is 12.7. The molecule has 0 spiro atoms. The van der Waals surface area contributed by atoms with Crippen LogP contribution < -0.4 is 4.74 Å². The molecule has 0 unspecified atom stereocenters. The van der Waals surface area contributed by atoms with Crippen molar-refractivity contribution in [2.45, 2.75) is 6.61 Å². The Morgan fingerprint density at radius 2 is 1.79 bits per heavy atom. The molecule has 19 heavy (non-hydrogen) atoms. The van der Waals surface area contributed by atoms with Gasteiger partial charge >= 0.3 is 0 Å². The Labute approximate surface area is 112 Å². The topological polar surface area (TPSA) is 53.2 Å². The third-order valence-electron chi connectivity index (χ3n) is 2.66. The minimum atomic E-state index is 0.231. The molecule has 0 aromatic heterocycles. The molecule has 0 fully saturated rings. The normalized spacial score (nSPS) is 10.8. The number of hydrogen-bond acceptors (Lipinski definition) is 3. The number of ether oxygens (including phenoxy) is 1. The van der Waals surface area contributed by atoms with Crippen LogP contribution in [0.3, 0.4) is 0 Å². The second kappa shape index (κ2) is 6.27. The Balaban J connectivity index is 2.02. The monoisotopic (exact) mass is 251 g/mol. The molecule has 3 nitrogen and oxygen atoms in total. The van der Waals surface area contributed by atoms with E-state index in [9.17, 15) is 0 Å². The molecule has 0 atom stereocenters. The number of rotatable bonds is 4. The summed E-state index contributed by atoms with van der Waals surface area (Å²) in [5.74, 6) is 0.725. The van der Waals surface area contributed by atoms with Crippen molar-refractivity contribution in [3.05, 3.63) is 72.0 Å². The van der Waals surface area contributed by atoms with E-state index in [4.69, 9.17) is 15.1 Å². The molecule has 3 heteroatoms. The molecule has 0 aliphatic rings. The van der Waals surface area contributed by atoms with Gasteiger partial charge in [-0.3, -0.25) is 0 Å². The number of nitrogens with zero attached hydrogens (tertiary/aromatic N) is 1. The zero-order chi connectivity index (χ0) is 13.5. The quantitative estimate of drug-likeness (QED) is 0.666. The molecular formula is C16H13NO2. The van der Waals surface area contributed by atoms with Gasteiger partial charge in [0.05, 0.1) is 11.8 Å². The van der Waals surface area contributed by atoms with E-state index in [-0.39, 0.29) is 5.57 Å². The number of benzene rings is 2. The fourth-order valence-electron chi connectivity index (χ4n) is 1.64. The van der Waals surface area contributed by atoms with Crippen LogP contribution in [0.5, 0.6) is 5.75 Å². The largest absolute Gasteiger partial charge is 0.514 e. The van der Waals surface area contributed by atoms with Gasteiger partial charge in [0, 0.05) is 0 Å². The SMILES string of the molecule is N#C/C(=C\O)c1ccc(OCc2ccccc2)cc1. The van der Waals surface area contributed by atoms with Crippen molar-refractivity contribution in [1.82, 2.24) is 0 Å². The van der Waals surface area contributed by atoms with Crippen LogP contribution in [-0.2, 0) is 6.61 Å². The molecule has 0 saturated heterocycles. The Morgan fingerprint density at radius 3 is 2.37 bits per heavy atom. The summed E-state index contributed by atoms with van der Waals surface area (Å²) in [5, 5.41) is 17.7. The molecular weight excluding hydrogens is 238 g/mol. The van der Waals surface area contributed by atoms with Gasteiger partial charge in [-0.2, -0.15) is 5.26 Å². The smallest absolute Gasteiger partial charge is 0.119 e. The van der Waals surface area contributed by atoms with Crippen molar-refractivity contribution in [2.75, 3.05) is 0 Å². The van der Waals surface area contributed by atoms with Gasteiger partial charge in [0.15, 0.2) is 0 Å². The second-order valence-corrected chi connectivity index (χ2v) is 3.95. The first-order chi connectivity index (χ1) is 9.33. The lowest BCUT2D eigenvalue weighted by Gasteiger charge is -2.06. The van der Waals surface area contributed by atoms with E-state index in [0.717, 1.165) is 17.6 Å². The van der Waals surface area contributed by atoms with Crippen LogP contribution in [0.15, 0.2) is 60.9 Å². The van der Waals surface area contributed by atoms with Gasteiger partial charge in [-0.25, -0.2) is 0 Å². The van der Waals surface area contributed by atoms with Gasteiger partial charge in [-0.1, -0.05) is 30.3 Å². The lowest BCUT2D eigenvalue weighted by Crippen LogP contribution is -1.95. The van der Waals surface area contributed by atoms with E-state index in [2.05, 4.69) is 0 Å². The van der Waals surface area contributed by atoms with Crippen molar-refractivity contribution in [3.63, 3.8) is 0 Å². The van der Waals surface area contributed by atoms with Gasteiger partial charge in [0.25, 0.3) is 0 Å². The highest BCUT2D eigenvalue weighted by molar-refractivity contribution is 5.75. The molecule has 94 valence electrons. The van der Waals surface area contributed by atoms with Crippen LogP contribution >= 0.6 is 0 Å². The molecule has 2 aromatic rings. The summed E-state index contributed by atoms with van der Waals surface area (Å²) >= 11 is 0. The number of aliphatic hydroxyl groups excluding tert-OH is 1. The lowest BCUT2D eigenvalue weighted by molar-refractivity contribution is 0.306. The van der Waals surface area contributed by atoms with Crippen molar-refractivity contribution in [2.24, 2.45) is 0 Å². The van der Waals surface area contributed by atoms with Gasteiger partial charge in [0.2, 0.25) is 0 Å². The van der Waals surface area contributed by atoms with E-state index < -0.39 is 0 Å². The van der Waals surface area contributed by atoms with Crippen LogP contribution in [0.25, 0.3) is 5.57 Å². The summed E-state index contributed by atoms with van der Waals surface area (Å²) in [6.07, 6.45) is 0.805. The summed E-state index contributed by atoms with van der Waals surface area (Å²) in [7, 11) is 0. The summed E-state index contributed by atoms with van der Waals surface area (Å²) in [5.41, 5.74) is 1.99. The van der Waals surface area contributed by atoms with Crippen LogP contribution in [0, 0.1) is 11.3 Å². The standard InChI is InChI=1S/C16H13NO2/c17-10-15(11-18)14-6-8-16(9-7-14)19-12-13-4-2-1-3-5-13/h1-9,11,18H,12H2/b15-11+. The molecule has 0 heterocycles. The first-order valence-corrected chi connectivity index (χ1v) is 5.85. The van der Waals surface area contributed by atoms with E-state index >= 15 is 0 Å². The Bertz CT molecular complexity index is 595. The molecule has 0 aliphatic heterocycles. The average Bonchev–Trinajstić information content (AvgIpc) is 2.49. The fourth-order valence-corrected chi connectivity index (χ4v) is 1.64. The Kier molecular flexibility index (Phi) is 4.20. The van der Waals surface area contributed by atoms with Crippen LogP contribution in [0.4, 0.5) is 0 Å². The number of nitriles is 1. The highest BCUT2D eigenvalue weighted by Crippen LogP contribution is 2.18. The predicted molar refractivity (Wildman–Crippen MR) is 73.4 cm³/mol. The molecule has 0 aliphatic carbocycles. The summed E-state index contributed by atoms with van der Waals surface area (Å²) < 4.78 is 5.63. The lowest BCUT2D eigenvalue weighted by atomic mass is 10.1. The average molecular weight is 251 g/mol. The van der Waals surface area contributed by atoms with Gasteiger partial charge in [-0.15, -0.1) is 0 Å². The fraction of sp³-hybridized carbons (Fsp3) is 0.0625. The maximum absolute atomic E-state index is 8.89. The van der Waals surface area contributed by atoms with Crippen LogP contribution in [0.2, 0.25) is 0 Å². The molecule has 0 amide bonds. The maximum Gasteiger partial charge on any atom is 0.119 e. The van der Waals surface area contributed by atoms with Crippen LogP contribution in [-0.4, -0.2) is 5.11 Å². The number of hydrogen-bond donors (Lipinski definition) is 1. The summed E-state index contributed by atoms with van der Waals surface area (Å²) in [6, 6.07) is 18.8. The van der Waals surface area contributed by atoms with Gasteiger partial charge < -0.3 is 9.84 Å².